The van der Waals surface area contributed by atoms with Crippen molar-refractivity contribution in [1.82, 2.24) is 5.32 Å². The van der Waals surface area contributed by atoms with Gasteiger partial charge in [0.1, 0.15) is 5.92 Å². The first-order chi connectivity index (χ1) is 13.0. The predicted octanol–water partition coefficient (Wildman–Crippen LogP) is 4.76. The SMILES string of the molecule is CC(C)(C)NC(=O)C1C[C@@]2(C)C(CC[C@@H]3[C@H]2CC[C@]2(C)CCC[C@@H]32)C(=N)C1=O. The predicted molar refractivity (Wildman–Crippen MR) is 111 cm³/mol. The first-order valence-electron chi connectivity index (χ1n) is 11.4. The van der Waals surface area contributed by atoms with Crippen molar-refractivity contribution in [2.75, 3.05) is 0 Å². The van der Waals surface area contributed by atoms with Crippen molar-refractivity contribution in [2.24, 2.45) is 40.4 Å². The second kappa shape index (κ2) is 6.40. The van der Waals surface area contributed by atoms with E-state index in [1.165, 1.54) is 38.5 Å². The molecule has 4 aliphatic carbocycles. The molecular formula is C24H38N2O2. The van der Waals surface area contributed by atoms with Crippen molar-refractivity contribution < 1.29 is 9.59 Å². The number of ketones is 1. The maximum absolute atomic E-state index is 13.0. The first kappa shape index (κ1) is 20.1. The summed E-state index contributed by atoms with van der Waals surface area (Å²) in [5.41, 5.74) is 0.299. The minimum Gasteiger partial charge on any atom is -0.351 e. The molecule has 4 heteroatoms. The van der Waals surface area contributed by atoms with Gasteiger partial charge >= 0.3 is 0 Å². The summed E-state index contributed by atoms with van der Waals surface area (Å²) in [7, 11) is 0. The Bertz CT molecular complexity index is 708. The molecule has 0 radical (unpaired) electrons. The van der Waals surface area contributed by atoms with Gasteiger partial charge in [-0.1, -0.05) is 20.3 Å². The zero-order chi connectivity index (χ0) is 20.5. The normalized spacial score (nSPS) is 45.8. The molecule has 4 saturated carbocycles. The van der Waals surface area contributed by atoms with E-state index in [1.807, 2.05) is 20.8 Å². The molecule has 0 aromatic heterocycles. The Morgan fingerprint density at radius 2 is 1.79 bits per heavy atom. The fraction of sp³-hybridized carbons (Fsp3) is 0.875. The third-order valence-corrected chi connectivity index (χ3v) is 9.04. The van der Waals surface area contributed by atoms with E-state index in [0.717, 1.165) is 18.3 Å². The highest BCUT2D eigenvalue weighted by molar-refractivity contribution is 6.44. The molecule has 0 aromatic carbocycles. The van der Waals surface area contributed by atoms with Crippen LogP contribution in [-0.4, -0.2) is 22.9 Å². The molecule has 7 atom stereocenters. The molecule has 2 N–H and O–H groups in total. The van der Waals surface area contributed by atoms with E-state index in [2.05, 4.69) is 19.2 Å². The summed E-state index contributed by atoms with van der Waals surface area (Å²) >= 11 is 0. The van der Waals surface area contributed by atoms with Gasteiger partial charge in [0, 0.05) is 11.5 Å². The molecule has 4 rings (SSSR count). The Morgan fingerprint density at radius 1 is 1.07 bits per heavy atom. The van der Waals surface area contributed by atoms with Crippen LogP contribution in [0.4, 0.5) is 0 Å². The van der Waals surface area contributed by atoms with Crippen LogP contribution in [0.3, 0.4) is 0 Å². The third-order valence-electron chi connectivity index (χ3n) is 9.04. The lowest BCUT2D eigenvalue weighted by atomic mass is 9.44. The van der Waals surface area contributed by atoms with Crippen molar-refractivity contribution in [3.63, 3.8) is 0 Å². The van der Waals surface area contributed by atoms with Gasteiger partial charge in [-0.25, -0.2) is 0 Å². The van der Waals surface area contributed by atoms with Crippen molar-refractivity contribution in [2.45, 2.75) is 91.5 Å². The standard InChI is InChI=1S/C24H38N2O2/c1-22(2,3)26-21(28)15-13-24(5)17-10-12-23(4)11-6-7-16(23)14(17)8-9-18(24)19(25)20(15)27/h14-18,25H,6-13H2,1-5H3,(H,26,28)/t14-,15?,16-,17+,18?,23-,24+/m0/s1. The minimum atomic E-state index is -0.677. The Balaban J connectivity index is 1.64. The quantitative estimate of drug-likeness (QED) is 0.638. The van der Waals surface area contributed by atoms with Crippen LogP contribution in [0.2, 0.25) is 0 Å². The molecule has 4 fully saturated rings. The Kier molecular flexibility index (Phi) is 4.60. The second-order valence-corrected chi connectivity index (χ2v) is 11.9. The number of Topliss-reactive ketones (excluding diaryl/α,β-unsaturated/α-hetero) is 1. The highest BCUT2D eigenvalue weighted by Crippen LogP contribution is 2.65. The van der Waals surface area contributed by atoms with E-state index >= 15 is 0 Å². The van der Waals surface area contributed by atoms with Gasteiger partial charge < -0.3 is 10.7 Å². The van der Waals surface area contributed by atoms with Crippen molar-refractivity contribution in [3.05, 3.63) is 0 Å². The van der Waals surface area contributed by atoms with E-state index in [4.69, 9.17) is 5.41 Å². The highest BCUT2D eigenvalue weighted by atomic mass is 16.2. The molecule has 1 amide bonds. The molecule has 4 aliphatic rings. The lowest BCUT2D eigenvalue weighted by molar-refractivity contribution is -0.141. The molecule has 0 bridgehead atoms. The average molecular weight is 387 g/mol. The summed E-state index contributed by atoms with van der Waals surface area (Å²) in [5, 5.41) is 11.7. The summed E-state index contributed by atoms with van der Waals surface area (Å²) in [6, 6.07) is 0. The van der Waals surface area contributed by atoms with E-state index < -0.39 is 5.92 Å². The van der Waals surface area contributed by atoms with Crippen LogP contribution < -0.4 is 5.32 Å². The number of hydrogen-bond donors (Lipinski definition) is 2. The van der Waals surface area contributed by atoms with E-state index in [1.54, 1.807) is 0 Å². The molecule has 156 valence electrons. The molecular weight excluding hydrogens is 348 g/mol. The van der Waals surface area contributed by atoms with E-state index in [-0.39, 0.29) is 34.3 Å². The van der Waals surface area contributed by atoms with Gasteiger partial charge in [-0.05, 0) is 94.3 Å². The van der Waals surface area contributed by atoms with Gasteiger partial charge in [0.2, 0.25) is 5.91 Å². The summed E-state index contributed by atoms with van der Waals surface area (Å²) in [5.74, 6) is 1.05. The van der Waals surface area contributed by atoms with Crippen LogP contribution >= 0.6 is 0 Å². The molecule has 0 saturated heterocycles. The molecule has 28 heavy (non-hydrogen) atoms. The second-order valence-electron chi connectivity index (χ2n) is 11.9. The van der Waals surface area contributed by atoms with Gasteiger partial charge in [0.05, 0.1) is 5.71 Å². The van der Waals surface area contributed by atoms with Crippen LogP contribution in [0.5, 0.6) is 0 Å². The van der Waals surface area contributed by atoms with Crippen LogP contribution in [0.15, 0.2) is 0 Å². The fourth-order valence-electron chi connectivity index (χ4n) is 7.78. The van der Waals surface area contributed by atoms with Gasteiger partial charge in [-0.3, -0.25) is 9.59 Å². The monoisotopic (exact) mass is 386 g/mol. The van der Waals surface area contributed by atoms with Crippen LogP contribution in [-0.2, 0) is 9.59 Å². The fourth-order valence-corrected chi connectivity index (χ4v) is 7.78. The summed E-state index contributed by atoms with van der Waals surface area (Å²) in [6.07, 6.45) is 9.32. The number of hydrogen-bond acceptors (Lipinski definition) is 3. The molecule has 0 aliphatic heterocycles. The Morgan fingerprint density at radius 3 is 2.46 bits per heavy atom. The molecule has 0 aromatic rings. The van der Waals surface area contributed by atoms with Gasteiger partial charge in [0.25, 0.3) is 0 Å². The minimum absolute atomic E-state index is 0.0469. The maximum atomic E-state index is 13.0. The van der Waals surface area contributed by atoms with Crippen molar-refractivity contribution in [1.29, 1.82) is 5.41 Å². The van der Waals surface area contributed by atoms with Crippen LogP contribution in [0.25, 0.3) is 0 Å². The van der Waals surface area contributed by atoms with E-state index in [9.17, 15) is 9.59 Å². The van der Waals surface area contributed by atoms with Crippen LogP contribution in [0, 0.1) is 45.8 Å². The smallest absolute Gasteiger partial charge is 0.231 e. The Hall–Kier alpha value is -1.19. The van der Waals surface area contributed by atoms with Crippen LogP contribution in [0.1, 0.15) is 86.0 Å². The molecule has 0 heterocycles. The molecule has 2 unspecified atom stereocenters. The van der Waals surface area contributed by atoms with Gasteiger partial charge in [0.15, 0.2) is 5.78 Å². The lowest BCUT2D eigenvalue weighted by Gasteiger charge is -2.60. The number of nitrogens with one attached hydrogen (secondary N) is 2. The number of carbonyl (C=O) groups excluding carboxylic acids is 2. The van der Waals surface area contributed by atoms with Crippen molar-refractivity contribution in [3.8, 4) is 0 Å². The number of fused-ring (bicyclic) bond motifs is 5. The largest absolute Gasteiger partial charge is 0.351 e. The number of carbonyl (C=O) groups is 2. The summed E-state index contributed by atoms with van der Waals surface area (Å²) in [4.78, 5) is 25.9. The zero-order valence-corrected chi connectivity index (χ0v) is 18.4. The Labute approximate surface area is 170 Å². The molecule has 4 nitrogen and oxygen atoms in total. The summed E-state index contributed by atoms with van der Waals surface area (Å²) < 4.78 is 0. The third kappa shape index (κ3) is 2.97. The number of rotatable bonds is 1. The maximum Gasteiger partial charge on any atom is 0.231 e. The zero-order valence-electron chi connectivity index (χ0n) is 18.4. The van der Waals surface area contributed by atoms with E-state index in [0.29, 0.717) is 17.8 Å². The van der Waals surface area contributed by atoms with Crippen molar-refractivity contribution >= 4 is 17.4 Å². The summed E-state index contributed by atoms with van der Waals surface area (Å²) in [6.45, 7) is 10.7. The lowest BCUT2D eigenvalue weighted by Crippen LogP contribution is -2.60. The average Bonchev–Trinajstić information content (AvgIpc) is 2.98. The topological polar surface area (TPSA) is 70.0 Å². The first-order valence-corrected chi connectivity index (χ1v) is 11.4. The highest BCUT2D eigenvalue weighted by Gasteiger charge is 2.61. The number of amides is 1. The molecule has 0 spiro atoms. The van der Waals surface area contributed by atoms with Gasteiger partial charge in [-0.15, -0.1) is 0 Å². The van der Waals surface area contributed by atoms with Gasteiger partial charge in [-0.2, -0.15) is 0 Å².